The van der Waals surface area contributed by atoms with Crippen molar-refractivity contribution in [1.29, 1.82) is 0 Å². The van der Waals surface area contributed by atoms with Gasteiger partial charge < -0.3 is 0 Å². The number of aromatic nitrogens is 2. The van der Waals surface area contributed by atoms with Crippen molar-refractivity contribution in [3.05, 3.63) is 47.8 Å². The van der Waals surface area contributed by atoms with Gasteiger partial charge in [0.25, 0.3) is 0 Å². The van der Waals surface area contributed by atoms with E-state index in [0.29, 0.717) is 11.8 Å². The smallest absolute Gasteiger partial charge is 0.238 e. The largest absolute Gasteiger partial charge is 0.282 e. The number of hydrogen-bond acceptors (Lipinski definition) is 3. The normalized spacial score (nSPS) is 22.9. The Morgan fingerprint density at radius 2 is 1.89 bits per heavy atom. The Morgan fingerprint density at radius 3 is 2.44 bits per heavy atom. The van der Waals surface area contributed by atoms with E-state index in [0.717, 1.165) is 17.7 Å². The van der Waals surface area contributed by atoms with Crippen molar-refractivity contribution in [3.8, 4) is 0 Å². The van der Waals surface area contributed by atoms with Crippen LogP contribution in [0.4, 0.5) is 0 Å². The van der Waals surface area contributed by atoms with Crippen molar-refractivity contribution in [2.45, 2.75) is 23.2 Å². The van der Waals surface area contributed by atoms with Gasteiger partial charge in [0.05, 0.1) is 4.90 Å². The van der Waals surface area contributed by atoms with Crippen molar-refractivity contribution < 1.29 is 8.42 Å². The van der Waals surface area contributed by atoms with Crippen LogP contribution in [0.15, 0.2) is 41.4 Å². The lowest BCUT2D eigenvalue weighted by Gasteiger charge is -2.01. The molecular formula is C12H13N3O2S. The van der Waals surface area contributed by atoms with Gasteiger partial charge in [0, 0.05) is 17.8 Å². The fourth-order valence-corrected chi connectivity index (χ4v) is 2.80. The highest BCUT2D eigenvalue weighted by molar-refractivity contribution is 7.89. The number of primary sulfonamides is 1. The van der Waals surface area contributed by atoms with Gasteiger partial charge in [0.2, 0.25) is 10.0 Å². The van der Waals surface area contributed by atoms with Gasteiger partial charge >= 0.3 is 0 Å². The fourth-order valence-electron chi connectivity index (χ4n) is 2.28. The first kappa shape index (κ1) is 11.4. The first-order valence-electron chi connectivity index (χ1n) is 5.68. The summed E-state index contributed by atoms with van der Waals surface area (Å²) in [5.41, 5.74) is 2.28. The molecule has 94 valence electrons. The van der Waals surface area contributed by atoms with Crippen LogP contribution in [-0.2, 0) is 10.0 Å². The molecule has 0 unspecified atom stereocenters. The highest BCUT2D eigenvalue weighted by atomic mass is 32.2. The molecule has 1 heterocycles. The predicted molar refractivity (Wildman–Crippen MR) is 66.5 cm³/mol. The number of sulfonamides is 1. The van der Waals surface area contributed by atoms with Gasteiger partial charge in [-0.3, -0.25) is 5.10 Å². The van der Waals surface area contributed by atoms with Crippen molar-refractivity contribution in [3.63, 3.8) is 0 Å². The van der Waals surface area contributed by atoms with E-state index in [1.54, 1.807) is 18.3 Å². The maximum absolute atomic E-state index is 11.1. The zero-order chi connectivity index (χ0) is 12.8. The van der Waals surface area contributed by atoms with E-state index in [1.165, 1.54) is 0 Å². The summed E-state index contributed by atoms with van der Waals surface area (Å²) >= 11 is 0. The molecule has 0 saturated heterocycles. The zero-order valence-corrected chi connectivity index (χ0v) is 10.4. The summed E-state index contributed by atoms with van der Waals surface area (Å²) in [6.07, 6.45) is 2.81. The number of H-pyrrole nitrogens is 1. The monoisotopic (exact) mass is 263 g/mol. The summed E-state index contributed by atoms with van der Waals surface area (Å²) in [6.45, 7) is 0. The zero-order valence-electron chi connectivity index (χ0n) is 9.58. The van der Waals surface area contributed by atoms with Crippen LogP contribution in [0.2, 0.25) is 0 Å². The highest BCUT2D eigenvalue weighted by Crippen LogP contribution is 2.53. The Labute approximate surface area is 105 Å². The van der Waals surface area contributed by atoms with Gasteiger partial charge in [-0.05, 0) is 36.1 Å². The lowest BCUT2D eigenvalue weighted by molar-refractivity contribution is 0.598. The van der Waals surface area contributed by atoms with Crippen LogP contribution in [0, 0.1) is 0 Å². The van der Waals surface area contributed by atoms with E-state index in [4.69, 9.17) is 5.14 Å². The Balaban J connectivity index is 1.80. The number of benzene rings is 1. The van der Waals surface area contributed by atoms with E-state index in [2.05, 4.69) is 10.2 Å². The number of rotatable bonds is 3. The number of nitrogens with two attached hydrogens (primary N) is 1. The topological polar surface area (TPSA) is 88.8 Å². The molecule has 0 bridgehead atoms. The molecule has 1 aromatic carbocycles. The minimum absolute atomic E-state index is 0.157. The molecule has 5 nitrogen and oxygen atoms in total. The van der Waals surface area contributed by atoms with E-state index in [1.807, 2.05) is 18.2 Å². The number of nitrogens with zero attached hydrogens (tertiary/aromatic N) is 1. The molecule has 0 aliphatic heterocycles. The minimum Gasteiger partial charge on any atom is -0.282 e. The average molecular weight is 263 g/mol. The SMILES string of the molecule is NS(=O)(=O)c1ccc([C@@H]2C[C@H]2c2ccn[nH]2)cc1. The Morgan fingerprint density at radius 1 is 1.17 bits per heavy atom. The van der Waals surface area contributed by atoms with E-state index < -0.39 is 10.0 Å². The van der Waals surface area contributed by atoms with Crippen LogP contribution in [0.25, 0.3) is 0 Å². The second-order valence-corrected chi connectivity index (χ2v) is 6.14. The summed E-state index contributed by atoms with van der Waals surface area (Å²) in [4.78, 5) is 0.157. The van der Waals surface area contributed by atoms with Crippen molar-refractivity contribution in [2.75, 3.05) is 0 Å². The van der Waals surface area contributed by atoms with Gasteiger partial charge in [0.15, 0.2) is 0 Å². The number of hydrogen-bond donors (Lipinski definition) is 2. The third-order valence-electron chi connectivity index (χ3n) is 3.35. The highest BCUT2D eigenvalue weighted by Gasteiger charge is 2.40. The lowest BCUT2D eigenvalue weighted by Crippen LogP contribution is -2.11. The molecule has 3 N–H and O–H groups in total. The predicted octanol–water partition coefficient (Wildman–Crippen LogP) is 1.33. The summed E-state index contributed by atoms with van der Waals surface area (Å²) < 4.78 is 22.3. The van der Waals surface area contributed by atoms with Crippen LogP contribution in [0.5, 0.6) is 0 Å². The van der Waals surface area contributed by atoms with Crippen LogP contribution < -0.4 is 5.14 Å². The van der Waals surface area contributed by atoms with Crippen molar-refractivity contribution in [2.24, 2.45) is 5.14 Å². The molecule has 3 rings (SSSR count). The molecule has 0 amide bonds. The molecule has 2 atom stereocenters. The van der Waals surface area contributed by atoms with Crippen molar-refractivity contribution in [1.82, 2.24) is 10.2 Å². The molecule has 1 aromatic heterocycles. The van der Waals surface area contributed by atoms with E-state index >= 15 is 0 Å². The third-order valence-corrected chi connectivity index (χ3v) is 4.28. The molecule has 0 spiro atoms. The first-order valence-corrected chi connectivity index (χ1v) is 7.22. The van der Waals surface area contributed by atoms with Crippen LogP contribution in [0.3, 0.4) is 0 Å². The third kappa shape index (κ3) is 2.04. The van der Waals surface area contributed by atoms with E-state index in [9.17, 15) is 8.42 Å². The Kier molecular flexibility index (Phi) is 2.49. The molecule has 1 fully saturated rings. The standard InChI is InChI=1S/C12H13N3O2S/c13-18(16,17)9-3-1-8(2-4-9)10-7-11(10)12-5-6-14-15-12/h1-6,10-11H,7H2,(H,14,15)(H2,13,16,17)/t10-,11+/m0/s1. The summed E-state index contributed by atoms with van der Waals surface area (Å²) in [5, 5.41) is 12.0. The maximum Gasteiger partial charge on any atom is 0.238 e. The van der Waals surface area contributed by atoms with Crippen LogP contribution >= 0.6 is 0 Å². The molecule has 2 aromatic rings. The molecular weight excluding hydrogens is 250 g/mol. The van der Waals surface area contributed by atoms with Gasteiger partial charge in [-0.2, -0.15) is 5.10 Å². The second kappa shape index (κ2) is 3.93. The summed E-state index contributed by atoms with van der Waals surface area (Å²) in [5.74, 6) is 0.910. The molecule has 1 aliphatic carbocycles. The minimum atomic E-state index is -3.60. The Hall–Kier alpha value is -1.66. The molecule has 0 radical (unpaired) electrons. The quantitative estimate of drug-likeness (QED) is 0.875. The van der Waals surface area contributed by atoms with Gasteiger partial charge in [-0.1, -0.05) is 12.1 Å². The van der Waals surface area contributed by atoms with Gasteiger partial charge in [0.1, 0.15) is 0 Å². The van der Waals surface area contributed by atoms with Crippen LogP contribution in [0.1, 0.15) is 29.5 Å². The Bertz CT molecular complexity index is 647. The maximum atomic E-state index is 11.1. The number of nitrogens with one attached hydrogen (secondary N) is 1. The molecule has 1 saturated carbocycles. The molecule has 18 heavy (non-hydrogen) atoms. The number of aromatic amines is 1. The average Bonchev–Trinajstić information content (AvgIpc) is 2.95. The van der Waals surface area contributed by atoms with Gasteiger partial charge in [-0.25, -0.2) is 13.6 Å². The molecule has 6 heteroatoms. The van der Waals surface area contributed by atoms with Crippen LogP contribution in [-0.4, -0.2) is 18.6 Å². The second-order valence-electron chi connectivity index (χ2n) is 4.57. The first-order chi connectivity index (χ1) is 8.55. The lowest BCUT2D eigenvalue weighted by atomic mass is 10.1. The van der Waals surface area contributed by atoms with E-state index in [-0.39, 0.29) is 4.90 Å². The van der Waals surface area contributed by atoms with Crippen molar-refractivity contribution >= 4 is 10.0 Å². The summed E-state index contributed by atoms with van der Waals surface area (Å²) in [6, 6.07) is 8.77. The summed E-state index contributed by atoms with van der Waals surface area (Å²) in [7, 11) is -3.60. The fraction of sp³-hybridized carbons (Fsp3) is 0.250. The van der Waals surface area contributed by atoms with Gasteiger partial charge in [-0.15, -0.1) is 0 Å². The molecule has 1 aliphatic rings.